The Balaban J connectivity index is 1.94. The lowest BCUT2D eigenvalue weighted by Gasteiger charge is -2.11. The number of benzene rings is 2. The molecule has 0 aliphatic rings. The van der Waals surface area contributed by atoms with Gasteiger partial charge in [0.15, 0.2) is 0 Å². The number of nitrogens with two attached hydrogens (primary N) is 1. The summed E-state index contributed by atoms with van der Waals surface area (Å²) in [6.45, 7) is 2.60. The van der Waals surface area contributed by atoms with Gasteiger partial charge in [0.2, 0.25) is 0 Å². The summed E-state index contributed by atoms with van der Waals surface area (Å²) in [6.07, 6.45) is 1.90. The maximum atomic E-state index is 5.96. The molecule has 1 atom stereocenters. The van der Waals surface area contributed by atoms with Crippen LogP contribution in [0.25, 0.3) is 0 Å². The Kier molecular flexibility index (Phi) is 5.64. The summed E-state index contributed by atoms with van der Waals surface area (Å²) in [5, 5.41) is 0. The highest BCUT2D eigenvalue weighted by molar-refractivity contribution is 5.34. The summed E-state index contributed by atoms with van der Waals surface area (Å²) in [5.41, 5.74) is 8.25. The van der Waals surface area contributed by atoms with E-state index in [0.717, 1.165) is 29.9 Å². The van der Waals surface area contributed by atoms with Crippen LogP contribution in [0.4, 0.5) is 0 Å². The van der Waals surface area contributed by atoms with Crippen molar-refractivity contribution >= 4 is 0 Å². The van der Waals surface area contributed by atoms with E-state index in [-0.39, 0.29) is 6.04 Å². The maximum absolute atomic E-state index is 5.96. The normalized spacial score (nSPS) is 12.0. The van der Waals surface area contributed by atoms with Crippen molar-refractivity contribution in [2.75, 3.05) is 7.11 Å². The van der Waals surface area contributed by atoms with Gasteiger partial charge in [-0.1, -0.05) is 37.3 Å². The van der Waals surface area contributed by atoms with E-state index in [0.29, 0.717) is 6.61 Å². The lowest BCUT2D eigenvalue weighted by molar-refractivity contribution is 0.296. The van der Waals surface area contributed by atoms with Crippen LogP contribution in [-0.2, 0) is 13.0 Å². The zero-order chi connectivity index (χ0) is 15.1. The molecule has 21 heavy (non-hydrogen) atoms. The molecule has 1 unspecified atom stereocenters. The summed E-state index contributed by atoms with van der Waals surface area (Å²) in [7, 11) is 1.67. The van der Waals surface area contributed by atoms with Crippen molar-refractivity contribution in [1.29, 1.82) is 0 Å². The average molecular weight is 285 g/mol. The number of rotatable bonds is 7. The first-order valence-corrected chi connectivity index (χ1v) is 7.32. The summed E-state index contributed by atoms with van der Waals surface area (Å²) in [5.74, 6) is 1.71. The summed E-state index contributed by atoms with van der Waals surface area (Å²) in [6, 6.07) is 16.2. The maximum Gasteiger partial charge on any atom is 0.125 e. The van der Waals surface area contributed by atoms with E-state index < -0.39 is 0 Å². The van der Waals surface area contributed by atoms with Crippen LogP contribution in [0.3, 0.4) is 0 Å². The molecule has 2 aromatic carbocycles. The minimum atomic E-state index is 0.227. The van der Waals surface area contributed by atoms with E-state index in [1.54, 1.807) is 7.11 Å². The van der Waals surface area contributed by atoms with Gasteiger partial charge >= 0.3 is 0 Å². The van der Waals surface area contributed by atoms with E-state index in [1.165, 1.54) is 5.56 Å². The summed E-state index contributed by atoms with van der Waals surface area (Å²) < 4.78 is 11.1. The van der Waals surface area contributed by atoms with Gasteiger partial charge < -0.3 is 15.2 Å². The SMILES string of the molecule is CCC(N)Cc1ccc(OCc2ccccc2OC)cc1. The quantitative estimate of drug-likeness (QED) is 0.846. The predicted octanol–water partition coefficient (Wildman–Crippen LogP) is 3.55. The van der Waals surface area contributed by atoms with Crippen LogP contribution in [0.5, 0.6) is 11.5 Å². The van der Waals surface area contributed by atoms with Gasteiger partial charge in [0, 0.05) is 11.6 Å². The number of hydrogen-bond acceptors (Lipinski definition) is 3. The fourth-order valence-corrected chi connectivity index (χ4v) is 2.15. The molecule has 0 saturated carbocycles. The fourth-order valence-electron chi connectivity index (χ4n) is 2.15. The third-order valence-electron chi connectivity index (χ3n) is 3.53. The topological polar surface area (TPSA) is 44.5 Å². The Labute approximate surface area is 126 Å². The van der Waals surface area contributed by atoms with Crippen molar-refractivity contribution in [1.82, 2.24) is 0 Å². The van der Waals surface area contributed by atoms with Gasteiger partial charge in [-0.05, 0) is 36.6 Å². The molecule has 0 fully saturated rings. The van der Waals surface area contributed by atoms with Gasteiger partial charge in [-0.25, -0.2) is 0 Å². The highest BCUT2D eigenvalue weighted by Gasteiger charge is 2.04. The van der Waals surface area contributed by atoms with Crippen molar-refractivity contribution in [2.24, 2.45) is 5.73 Å². The Hall–Kier alpha value is -2.00. The molecule has 2 N–H and O–H groups in total. The Morgan fingerprint density at radius 2 is 1.76 bits per heavy atom. The highest BCUT2D eigenvalue weighted by atomic mass is 16.5. The zero-order valence-corrected chi connectivity index (χ0v) is 12.7. The molecule has 2 rings (SSSR count). The molecule has 0 aromatic heterocycles. The minimum Gasteiger partial charge on any atom is -0.496 e. The van der Waals surface area contributed by atoms with Crippen molar-refractivity contribution in [2.45, 2.75) is 32.4 Å². The highest BCUT2D eigenvalue weighted by Crippen LogP contribution is 2.20. The zero-order valence-electron chi connectivity index (χ0n) is 12.7. The molecular weight excluding hydrogens is 262 g/mol. The predicted molar refractivity (Wildman–Crippen MR) is 85.7 cm³/mol. The standard InChI is InChI=1S/C18H23NO2/c1-3-16(19)12-14-8-10-17(11-9-14)21-13-15-6-4-5-7-18(15)20-2/h4-11,16H,3,12-13,19H2,1-2H3. The monoisotopic (exact) mass is 285 g/mol. The van der Waals surface area contributed by atoms with Gasteiger partial charge in [0.1, 0.15) is 18.1 Å². The lowest BCUT2D eigenvalue weighted by atomic mass is 10.0. The van der Waals surface area contributed by atoms with E-state index in [4.69, 9.17) is 15.2 Å². The molecule has 0 aliphatic heterocycles. The molecule has 0 radical (unpaired) electrons. The molecule has 0 bridgehead atoms. The van der Waals surface area contributed by atoms with Crippen LogP contribution in [0.15, 0.2) is 48.5 Å². The second-order valence-electron chi connectivity index (χ2n) is 5.12. The average Bonchev–Trinajstić information content (AvgIpc) is 2.54. The van der Waals surface area contributed by atoms with E-state index in [1.807, 2.05) is 36.4 Å². The number of hydrogen-bond donors (Lipinski definition) is 1. The van der Waals surface area contributed by atoms with Crippen LogP contribution in [0, 0.1) is 0 Å². The van der Waals surface area contributed by atoms with Crippen LogP contribution in [-0.4, -0.2) is 13.2 Å². The van der Waals surface area contributed by atoms with E-state index >= 15 is 0 Å². The molecule has 0 amide bonds. The van der Waals surface area contributed by atoms with Crippen LogP contribution >= 0.6 is 0 Å². The van der Waals surface area contributed by atoms with Crippen molar-refractivity contribution in [3.63, 3.8) is 0 Å². The summed E-state index contributed by atoms with van der Waals surface area (Å²) in [4.78, 5) is 0. The first-order chi connectivity index (χ1) is 10.2. The molecule has 112 valence electrons. The molecule has 0 spiro atoms. The minimum absolute atomic E-state index is 0.227. The molecule has 2 aromatic rings. The number of methoxy groups -OCH3 is 1. The van der Waals surface area contributed by atoms with Gasteiger partial charge in [0.05, 0.1) is 7.11 Å². The van der Waals surface area contributed by atoms with Gasteiger partial charge in [0.25, 0.3) is 0 Å². The Bertz CT molecular complexity index is 551. The third kappa shape index (κ3) is 4.50. The van der Waals surface area contributed by atoms with Gasteiger partial charge in [-0.15, -0.1) is 0 Å². The first kappa shape index (κ1) is 15.4. The van der Waals surface area contributed by atoms with E-state index in [2.05, 4.69) is 19.1 Å². The Morgan fingerprint density at radius 3 is 2.43 bits per heavy atom. The van der Waals surface area contributed by atoms with E-state index in [9.17, 15) is 0 Å². The summed E-state index contributed by atoms with van der Waals surface area (Å²) >= 11 is 0. The molecule has 0 heterocycles. The first-order valence-electron chi connectivity index (χ1n) is 7.32. The van der Waals surface area contributed by atoms with Crippen LogP contribution in [0.2, 0.25) is 0 Å². The number of ether oxygens (including phenoxy) is 2. The van der Waals surface area contributed by atoms with Crippen molar-refractivity contribution in [3.05, 3.63) is 59.7 Å². The molecule has 3 nitrogen and oxygen atoms in total. The van der Waals surface area contributed by atoms with Crippen LogP contribution in [0.1, 0.15) is 24.5 Å². The second-order valence-corrected chi connectivity index (χ2v) is 5.12. The number of para-hydroxylation sites is 1. The third-order valence-corrected chi connectivity index (χ3v) is 3.53. The largest absolute Gasteiger partial charge is 0.496 e. The fraction of sp³-hybridized carbons (Fsp3) is 0.333. The smallest absolute Gasteiger partial charge is 0.125 e. The van der Waals surface area contributed by atoms with Crippen molar-refractivity contribution in [3.8, 4) is 11.5 Å². The van der Waals surface area contributed by atoms with Gasteiger partial charge in [-0.2, -0.15) is 0 Å². The second kappa shape index (κ2) is 7.70. The molecule has 0 saturated heterocycles. The Morgan fingerprint density at radius 1 is 1.05 bits per heavy atom. The molecule has 3 heteroatoms. The molecule has 0 aliphatic carbocycles. The van der Waals surface area contributed by atoms with Crippen LogP contribution < -0.4 is 15.2 Å². The lowest BCUT2D eigenvalue weighted by Crippen LogP contribution is -2.21. The molecular formula is C18H23NO2. The van der Waals surface area contributed by atoms with Crippen molar-refractivity contribution < 1.29 is 9.47 Å². The van der Waals surface area contributed by atoms with Gasteiger partial charge in [-0.3, -0.25) is 0 Å².